The number of esters is 1. The summed E-state index contributed by atoms with van der Waals surface area (Å²) in [5.41, 5.74) is -0.753. The van der Waals surface area contributed by atoms with E-state index in [9.17, 15) is 22.8 Å². The van der Waals surface area contributed by atoms with Gasteiger partial charge >= 0.3 is 12.1 Å². The van der Waals surface area contributed by atoms with Gasteiger partial charge in [0.2, 0.25) is 0 Å². The molecule has 0 bridgehead atoms. The molecule has 0 radical (unpaired) electrons. The van der Waals surface area contributed by atoms with Gasteiger partial charge in [-0.3, -0.25) is 4.79 Å². The van der Waals surface area contributed by atoms with Crippen LogP contribution in [-0.2, 0) is 15.7 Å². The van der Waals surface area contributed by atoms with Gasteiger partial charge in [-0.05, 0) is 62.7 Å². The molecule has 8 nitrogen and oxygen atoms in total. The van der Waals surface area contributed by atoms with Crippen LogP contribution in [0, 0.1) is 0 Å². The number of ether oxygens (including phenoxy) is 3. The first kappa shape index (κ1) is 29.6. The predicted molar refractivity (Wildman–Crippen MR) is 149 cm³/mol. The van der Waals surface area contributed by atoms with Gasteiger partial charge in [-0.2, -0.15) is 22.9 Å². The first-order valence-electron chi connectivity index (χ1n) is 12.6. The summed E-state index contributed by atoms with van der Waals surface area (Å²) in [4.78, 5) is 29.9. The van der Waals surface area contributed by atoms with Crippen molar-refractivity contribution in [1.29, 1.82) is 0 Å². The molecule has 1 heterocycles. The van der Waals surface area contributed by atoms with Gasteiger partial charge in [-0.1, -0.05) is 35.9 Å². The highest BCUT2D eigenvalue weighted by Crippen LogP contribution is 2.37. The summed E-state index contributed by atoms with van der Waals surface area (Å²) in [6.45, 7) is 5.35. The first-order chi connectivity index (χ1) is 19.5. The number of para-hydroxylation sites is 1. The number of hydrogen-bond acceptors (Lipinski definition) is 7. The maximum absolute atomic E-state index is 13.4. The molecule has 0 saturated heterocycles. The lowest BCUT2D eigenvalue weighted by Gasteiger charge is -2.18. The van der Waals surface area contributed by atoms with E-state index in [1.165, 1.54) is 37.4 Å². The molecule has 0 aliphatic carbocycles. The zero-order valence-electron chi connectivity index (χ0n) is 22.2. The Morgan fingerprint density at radius 3 is 2.56 bits per heavy atom. The van der Waals surface area contributed by atoms with E-state index in [2.05, 4.69) is 10.1 Å². The molecule has 0 amide bonds. The average molecular weight is 588 g/mol. The smallest absolute Gasteiger partial charge is 0.416 e. The molecule has 0 saturated carbocycles. The highest BCUT2D eigenvalue weighted by Gasteiger charge is 2.31. The maximum atomic E-state index is 13.4. The minimum atomic E-state index is -4.59. The second-order valence-electron chi connectivity index (χ2n) is 8.67. The van der Waals surface area contributed by atoms with Gasteiger partial charge < -0.3 is 14.2 Å². The van der Waals surface area contributed by atoms with E-state index in [0.717, 1.165) is 16.8 Å². The Bertz CT molecular complexity index is 1670. The van der Waals surface area contributed by atoms with E-state index in [4.69, 9.17) is 25.8 Å². The summed E-state index contributed by atoms with van der Waals surface area (Å²) in [5.74, 6) is -0.350. The van der Waals surface area contributed by atoms with Crippen molar-refractivity contribution in [3.8, 4) is 22.9 Å². The molecule has 1 atom stereocenters. The van der Waals surface area contributed by atoms with Crippen LogP contribution in [0.2, 0.25) is 5.02 Å². The Hall–Kier alpha value is -4.38. The Kier molecular flexibility index (Phi) is 8.97. The van der Waals surface area contributed by atoms with Crippen molar-refractivity contribution >= 4 is 34.7 Å². The van der Waals surface area contributed by atoms with Crippen molar-refractivity contribution in [3.63, 3.8) is 0 Å². The van der Waals surface area contributed by atoms with Crippen LogP contribution in [0.5, 0.6) is 11.5 Å². The third-order valence-corrected chi connectivity index (χ3v) is 6.05. The van der Waals surface area contributed by atoms with E-state index in [0.29, 0.717) is 11.1 Å². The summed E-state index contributed by atoms with van der Waals surface area (Å²) in [6, 6.07) is 14.0. The van der Waals surface area contributed by atoms with E-state index in [-0.39, 0.29) is 46.5 Å². The third-order valence-electron chi connectivity index (χ3n) is 5.77. The number of hydrogen-bond donors (Lipinski definition) is 0. The van der Waals surface area contributed by atoms with Gasteiger partial charge in [-0.25, -0.2) is 9.78 Å². The summed E-state index contributed by atoms with van der Waals surface area (Å²) in [5, 5.41) is 4.61. The molecule has 3 aromatic carbocycles. The fraction of sp³-hybridized carbons (Fsp3) is 0.241. The number of benzene rings is 3. The standard InChI is InChI=1S/C29H25ClF3N3O5/c1-4-39-24-14-18(13-22(30)25(24)41-17(3)28(38)40-5-2)16-34-36-26(19-9-8-10-20(15-19)29(31,32)33)35-23-12-7-6-11-21(23)27(36)37/h6-17H,4-5H2,1-3H3/t17-/m1/s1. The zero-order chi connectivity index (χ0) is 29.7. The van der Waals surface area contributed by atoms with Crippen molar-refractivity contribution < 1.29 is 32.2 Å². The number of rotatable bonds is 9. The minimum Gasteiger partial charge on any atom is -0.490 e. The van der Waals surface area contributed by atoms with Gasteiger partial charge in [0.15, 0.2) is 23.4 Å². The Morgan fingerprint density at radius 1 is 1.10 bits per heavy atom. The molecule has 214 valence electrons. The second kappa shape index (κ2) is 12.4. The summed E-state index contributed by atoms with van der Waals surface area (Å²) in [7, 11) is 0. The monoisotopic (exact) mass is 587 g/mol. The fourth-order valence-corrected chi connectivity index (χ4v) is 4.16. The van der Waals surface area contributed by atoms with Gasteiger partial charge in [-0.15, -0.1) is 0 Å². The lowest BCUT2D eigenvalue weighted by atomic mass is 10.1. The predicted octanol–water partition coefficient (Wildman–Crippen LogP) is 6.35. The summed E-state index contributed by atoms with van der Waals surface area (Å²) in [6.07, 6.45) is -4.27. The Balaban J connectivity index is 1.81. The number of halogens is 4. The number of carbonyl (C=O) groups is 1. The first-order valence-corrected chi connectivity index (χ1v) is 12.9. The second-order valence-corrected chi connectivity index (χ2v) is 9.07. The van der Waals surface area contributed by atoms with Crippen LogP contribution < -0.4 is 15.0 Å². The van der Waals surface area contributed by atoms with E-state index in [1.807, 2.05) is 0 Å². The Morgan fingerprint density at radius 2 is 1.85 bits per heavy atom. The molecular weight excluding hydrogens is 563 g/mol. The van der Waals surface area contributed by atoms with E-state index in [1.54, 1.807) is 38.1 Å². The summed E-state index contributed by atoms with van der Waals surface area (Å²) >= 11 is 6.47. The normalized spacial score (nSPS) is 12.5. The number of nitrogens with zero attached hydrogens (tertiary/aromatic N) is 3. The molecule has 1 aromatic heterocycles. The fourth-order valence-electron chi connectivity index (χ4n) is 3.90. The molecule has 0 fully saturated rings. The van der Waals surface area contributed by atoms with Gasteiger partial charge in [0, 0.05) is 5.56 Å². The van der Waals surface area contributed by atoms with Gasteiger partial charge in [0.25, 0.3) is 5.56 Å². The number of fused-ring (bicyclic) bond motifs is 1. The molecular formula is C29H25ClF3N3O5. The lowest BCUT2D eigenvalue weighted by molar-refractivity contribution is -0.150. The highest BCUT2D eigenvalue weighted by atomic mass is 35.5. The average Bonchev–Trinajstić information content (AvgIpc) is 2.94. The molecule has 0 aliphatic heterocycles. The SMILES string of the molecule is CCOC(=O)[C@@H](C)Oc1c(Cl)cc(C=Nn2c(-c3cccc(C(F)(F)F)c3)nc3ccccc3c2=O)cc1OCC. The van der Waals surface area contributed by atoms with E-state index < -0.39 is 29.4 Å². The third kappa shape index (κ3) is 6.68. The maximum Gasteiger partial charge on any atom is 0.416 e. The van der Waals surface area contributed by atoms with Crippen LogP contribution in [0.15, 0.2) is 70.6 Å². The number of carbonyl (C=O) groups excluding carboxylic acids is 1. The lowest BCUT2D eigenvalue weighted by Crippen LogP contribution is -2.26. The Labute approximate surface area is 237 Å². The minimum absolute atomic E-state index is 0.0459. The largest absolute Gasteiger partial charge is 0.490 e. The molecule has 0 unspecified atom stereocenters. The molecule has 4 rings (SSSR count). The number of aromatic nitrogens is 2. The van der Waals surface area contributed by atoms with Crippen LogP contribution >= 0.6 is 11.6 Å². The van der Waals surface area contributed by atoms with E-state index >= 15 is 0 Å². The van der Waals surface area contributed by atoms with Crippen molar-refractivity contribution in [2.75, 3.05) is 13.2 Å². The van der Waals surface area contributed by atoms with Crippen molar-refractivity contribution in [3.05, 3.63) is 87.2 Å². The highest BCUT2D eigenvalue weighted by molar-refractivity contribution is 6.32. The molecule has 4 aromatic rings. The van der Waals surface area contributed by atoms with Gasteiger partial charge in [0.1, 0.15) is 0 Å². The van der Waals surface area contributed by atoms with Crippen LogP contribution in [0.3, 0.4) is 0 Å². The van der Waals surface area contributed by atoms with Crippen LogP contribution in [0.4, 0.5) is 13.2 Å². The summed E-state index contributed by atoms with van der Waals surface area (Å²) < 4.78 is 57.6. The van der Waals surface area contributed by atoms with Crippen molar-refractivity contribution in [2.24, 2.45) is 5.10 Å². The van der Waals surface area contributed by atoms with Crippen LogP contribution in [0.1, 0.15) is 31.9 Å². The molecule has 0 spiro atoms. The molecule has 0 N–H and O–H groups in total. The molecule has 0 aliphatic rings. The topological polar surface area (TPSA) is 92.0 Å². The zero-order valence-corrected chi connectivity index (χ0v) is 23.0. The van der Waals surface area contributed by atoms with Crippen molar-refractivity contribution in [1.82, 2.24) is 9.66 Å². The number of alkyl halides is 3. The molecule has 12 heteroatoms. The van der Waals surface area contributed by atoms with Crippen LogP contribution in [0.25, 0.3) is 22.3 Å². The van der Waals surface area contributed by atoms with Crippen LogP contribution in [-0.4, -0.2) is 41.2 Å². The quantitative estimate of drug-likeness (QED) is 0.167. The molecule has 41 heavy (non-hydrogen) atoms. The van der Waals surface area contributed by atoms with Gasteiger partial charge in [0.05, 0.1) is 40.9 Å². The van der Waals surface area contributed by atoms with Crippen molar-refractivity contribution in [2.45, 2.75) is 33.1 Å².